The number of amides is 1. The van der Waals surface area contributed by atoms with E-state index in [2.05, 4.69) is 24.1 Å². The van der Waals surface area contributed by atoms with Gasteiger partial charge in [-0.25, -0.2) is 4.98 Å². The molecule has 0 spiro atoms. The van der Waals surface area contributed by atoms with E-state index in [0.717, 1.165) is 18.8 Å². The minimum atomic E-state index is -0.115. The van der Waals surface area contributed by atoms with Crippen molar-refractivity contribution in [3.05, 3.63) is 23.9 Å². The lowest BCUT2D eigenvalue weighted by Gasteiger charge is -2.11. The number of nitrogens with zero attached hydrogens (tertiary/aromatic N) is 2. The first kappa shape index (κ1) is 16.4. The molecule has 1 aromatic rings. The third kappa shape index (κ3) is 6.02. The van der Waals surface area contributed by atoms with Crippen molar-refractivity contribution < 1.29 is 9.53 Å². The van der Waals surface area contributed by atoms with E-state index in [1.807, 2.05) is 25.1 Å². The molecule has 112 valence electrons. The fraction of sp³-hybridized carbons (Fsp3) is 0.600. The van der Waals surface area contributed by atoms with Gasteiger partial charge in [0.1, 0.15) is 5.82 Å². The molecule has 5 nitrogen and oxygen atoms in total. The average Bonchev–Trinajstić information content (AvgIpc) is 2.42. The van der Waals surface area contributed by atoms with Crippen molar-refractivity contribution in [2.45, 2.75) is 20.3 Å². The predicted octanol–water partition coefficient (Wildman–Crippen LogP) is 1.94. The lowest BCUT2D eigenvalue weighted by Crippen LogP contribution is -2.27. The Morgan fingerprint density at radius 1 is 1.35 bits per heavy atom. The summed E-state index contributed by atoms with van der Waals surface area (Å²) >= 11 is 0. The Hall–Kier alpha value is -1.62. The van der Waals surface area contributed by atoms with E-state index in [9.17, 15) is 4.79 Å². The third-order valence-corrected chi connectivity index (χ3v) is 2.84. The van der Waals surface area contributed by atoms with Gasteiger partial charge in [0.2, 0.25) is 0 Å². The second-order valence-corrected chi connectivity index (χ2v) is 5.35. The second-order valence-electron chi connectivity index (χ2n) is 5.35. The zero-order chi connectivity index (χ0) is 15.0. The number of carbonyl (C=O) groups excluding carboxylic acids is 1. The maximum Gasteiger partial charge on any atom is 0.252 e. The van der Waals surface area contributed by atoms with E-state index in [4.69, 9.17) is 4.74 Å². The molecule has 0 aliphatic heterocycles. The summed E-state index contributed by atoms with van der Waals surface area (Å²) in [7, 11) is 3.83. The first-order valence-corrected chi connectivity index (χ1v) is 7.00. The molecular formula is C15H25N3O2. The van der Waals surface area contributed by atoms with Crippen molar-refractivity contribution in [2.24, 2.45) is 5.92 Å². The molecule has 0 fully saturated rings. The molecule has 5 heteroatoms. The van der Waals surface area contributed by atoms with Crippen LogP contribution in [0.25, 0.3) is 0 Å². The molecule has 20 heavy (non-hydrogen) atoms. The fourth-order valence-corrected chi connectivity index (χ4v) is 1.54. The second kappa shape index (κ2) is 8.53. The van der Waals surface area contributed by atoms with Crippen molar-refractivity contribution in [3.63, 3.8) is 0 Å². The molecule has 0 unspecified atom stereocenters. The van der Waals surface area contributed by atoms with E-state index in [-0.39, 0.29) is 5.91 Å². The quantitative estimate of drug-likeness (QED) is 0.739. The Labute approximate surface area is 121 Å². The molecule has 0 aliphatic carbocycles. The fourth-order valence-electron chi connectivity index (χ4n) is 1.54. The molecule has 0 atom stereocenters. The topological polar surface area (TPSA) is 54.5 Å². The summed E-state index contributed by atoms with van der Waals surface area (Å²) in [6, 6.07) is 3.60. The molecule has 0 aromatic carbocycles. The van der Waals surface area contributed by atoms with Crippen molar-refractivity contribution in [1.82, 2.24) is 10.3 Å². The van der Waals surface area contributed by atoms with Crippen LogP contribution in [-0.2, 0) is 4.74 Å². The van der Waals surface area contributed by atoms with Gasteiger partial charge in [0.25, 0.3) is 5.91 Å². The molecule has 0 saturated carbocycles. The highest BCUT2D eigenvalue weighted by Crippen LogP contribution is 2.07. The highest BCUT2D eigenvalue weighted by Gasteiger charge is 2.06. The first-order chi connectivity index (χ1) is 9.50. The number of aromatic nitrogens is 1. The maximum absolute atomic E-state index is 11.8. The van der Waals surface area contributed by atoms with Crippen LogP contribution in [0.3, 0.4) is 0 Å². The van der Waals surface area contributed by atoms with Gasteiger partial charge in [0.05, 0.1) is 12.2 Å². The van der Waals surface area contributed by atoms with Gasteiger partial charge in [-0.15, -0.1) is 0 Å². The monoisotopic (exact) mass is 279 g/mol. The van der Waals surface area contributed by atoms with Crippen LogP contribution in [0.1, 0.15) is 30.6 Å². The molecule has 1 heterocycles. The van der Waals surface area contributed by atoms with Crippen LogP contribution in [0, 0.1) is 5.92 Å². The SMILES string of the molecule is CC(C)CCOCCNC(=O)c1ccc(N(C)C)nc1. The molecule has 1 aromatic heterocycles. The molecule has 1 rings (SSSR count). The Morgan fingerprint density at radius 2 is 2.10 bits per heavy atom. The Balaban J connectivity index is 2.25. The van der Waals surface area contributed by atoms with E-state index < -0.39 is 0 Å². The van der Waals surface area contributed by atoms with Crippen molar-refractivity contribution >= 4 is 11.7 Å². The van der Waals surface area contributed by atoms with Crippen LogP contribution in [0.4, 0.5) is 5.82 Å². The standard InChI is InChI=1S/C15H25N3O2/c1-12(2)7-9-20-10-8-16-15(19)13-5-6-14(17-11-13)18(3)4/h5-6,11-12H,7-10H2,1-4H3,(H,16,19). The van der Waals surface area contributed by atoms with Gasteiger partial charge in [-0.3, -0.25) is 4.79 Å². The molecule has 1 N–H and O–H groups in total. The highest BCUT2D eigenvalue weighted by atomic mass is 16.5. The van der Waals surface area contributed by atoms with E-state index >= 15 is 0 Å². The lowest BCUT2D eigenvalue weighted by molar-refractivity contribution is 0.0905. The minimum absolute atomic E-state index is 0.115. The minimum Gasteiger partial charge on any atom is -0.380 e. The Kier molecular flexibility index (Phi) is 7.01. The number of carbonyl (C=O) groups is 1. The van der Waals surface area contributed by atoms with Crippen LogP contribution in [0.15, 0.2) is 18.3 Å². The van der Waals surface area contributed by atoms with Crippen LogP contribution in [-0.4, -0.2) is 44.7 Å². The summed E-state index contributed by atoms with van der Waals surface area (Å²) in [5.41, 5.74) is 0.567. The van der Waals surface area contributed by atoms with Crippen molar-refractivity contribution in [3.8, 4) is 0 Å². The number of pyridine rings is 1. The van der Waals surface area contributed by atoms with Gasteiger partial charge in [0, 0.05) is 33.4 Å². The zero-order valence-electron chi connectivity index (χ0n) is 12.8. The van der Waals surface area contributed by atoms with Gasteiger partial charge >= 0.3 is 0 Å². The Bertz CT molecular complexity index is 402. The molecule has 0 saturated heterocycles. The summed E-state index contributed by atoms with van der Waals surface area (Å²) in [6.07, 6.45) is 2.63. The van der Waals surface area contributed by atoms with Crippen molar-refractivity contribution in [2.75, 3.05) is 38.8 Å². The molecule has 0 bridgehead atoms. The summed E-state index contributed by atoms with van der Waals surface area (Å²) in [6.45, 7) is 6.13. The van der Waals surface area contributed by atoms with E-state index in [1.165, 1.54) is 0 Å². The summed E-state index contributed by atoms with van der Waals surface area (Å²) in [4.78, 5) is 17.9. The van der Waals surface area contributed by atoms with Crippen LogP contribution < -0.4 is 10.2 Å². The summed E-state index contributed by atoms with van der Waals surface area (Å²) < 4.78 is 5.44. The van der Waals surface area contributed by atoms with E-state index in [0.29, 0.717) is 24.6 Å². The average molecular weight is 279 g/mol. The number of rotatable bonds is 8. The van der Waals surface area contributed by atoms with Gasteiger partial charge in [-0.1, -0.05) is 13.8 Å². The Morgan fingerprint density at radius 3 is 2.65 bits per heavy atom. The smallest absolute Gasteiger partial charge is 0.252 e. The van der Waals surface area contributed by atoms with Crippen LogP contribution >= 0.6 is 0 Å². The maximum atomic E-state index is 11.8. The highest BCUT2D eigenvalue weighted by molar-refractivity contribution is 5.94. The molecule has 0 radical (unpaired) electrons. The van der Waals surface area contributed by atoms with Gasteiger partial charge in [-0.05, 0) is 24.5 Å². The van der Waals surface area contributed by atoms with Gasteiger partial charge in [0.15, 0.2) is 0 Å². The van der Waals surface area contributed by atoms with Crippen molar-refractivity contribution in [1.29, 1.82) is 0 Å². The first-order valence-electron chi connectivity index (χ1n) is 7.00. The van der Waals surface area contributed by atoms with Gasteiger partial charge < -0.3 is 15.0 Å². The number of anilines is 1. The largest absolute Gasteiger partial charge is 0.380 e. The molecular weight excluding hydrogens is 254 g/mol. The third-order valence-electron chi connectivity index (χ3n) is 2.84. The predicted molar refractivity (Wildman–Crippen MR) is 81.2 cm³/mol. The summed E-state index contributed by atoms with van der Waals surface area (Å²) in [5, 5.41) is 2.82. The van der Waals surface area contributed by atoms with E-state index in [1.54, 1.807) is 12.3 Å². The lowest BCUT2D eigenvalue weighted by atomic mass is 10.1. The number of hydrogen-bond acceptors (Lipinski definition) is 4. The number of nitrogens with one attached hydrogen (secondary N) is 1. The number of hydrogen-bond donors (Lipinski definition) is 1. The van der Waals surface area contributed by atoms with Crippen LogP contribution in [0.5, 0.6) is 0 Å². The molecule has 1 amide bonds. The van der Waals surface area contributed by atoms with Crippen LogP contribution in [0.2, 0.25) is 0 Å². The zero-order valence-corrected chi connectivity index (χ0v) is 12.8. The number of ether oxygens (including phenoxy) is 1. The normalized spacial score (nSPS) is 10.7. The molecule has 0 aliphatic rings. The summed E-state index contributed by atoms with van der Waals surface area (Å²) in [5.74, 6) is 1.36. The van der Waals surface area contributed by atoms with Gasteiger partial charge in [-0.2, -0.15) is 0 Å².